The number of fused-ring (bicyclic) bond motifs is 1. The van der Waals surface area contributed by atoms with E-state index in [1.807, 2.05) is 12.1 Å². The molecule has 3 atom stereocenters. The van der Waals surface area contributed by atoms with Gasteiger partial charge in [-0.15, -0.1) is 0 Å². The van der Waals surface area contributed by atoms with E-state index in [0.717, 1.165) is 56.7 Å². The Morgan fingerprint density at radius 2 is 1.92 bits per heavy atom. The first-order valence-electron chi connectivity index (χ1n) is 9.92. The molecule has 3 unspecified atom stereocenters. The number of nitrogens with zero attached hydrogens (tertiary/aromatic N) is 1. The van der Waals surface area contributed by atoms with Crippen LogP contribution in [0.5, 0.6) is 5.75 Å². The predicted octanol–water partition coefficient (Wildman–Crippen LogP) is 3.37. The first-order valence-corrected chi connectivity index (χ1v) is 9.92. The zero-order valence-corrected chi connectivity index (χ0v) is 14.5. The highest BCUT2D eigenvalue weighted by Gasteiger charge is 2.64. The van der Waals surface area contributed by atoms with Crippen LogP contribution in [-0.2, 0) is 11.8 Å². The van der Waals surface area contributed by atoms with E-state index >= 15 is 0 Å². The minimum atomic E-state index is -0.654. The van der Waals surface area contributed by atoms with Crippen LogP contribution in [-0.4, -0.2) is 39.8 Å². The zero-order chi connectivity index (χ0) is 16.4. The maximum atomic E-state index is 12.0. The van der Waals surface area contributed by atoms with Crippen molar-refractivity contribution < 1.29 is 10.2 Å². The summed E-state index contributed by atoms with van der Waals surface area (Å²) in [5.74, 6) is 1.26. The van der Waals surface area contributed by atoms with Gasteiger partial charge < -0.3 is 10.2 Å². The molecule has 3 nitrogen and oxygen atoms in total. The van der Waals surface area contributed by atoms with Crippen LogP contribution in [0.2, 0.25) is 0 Å². The molecule has 2 saturated carbocycles. The second-order valence-electron chi connectivity index (χ2n) is 8.79. The van der Waals surface area contributed by atoms with Crippen molar-refractivity contribution in [3.8, 4) is 5.75 Å². The lowest BCUT2D eigenvalue weighted by atomic mass is 9.49. The molecule has 1 aliphatic heterocycles. The van der Waals surface area contributed by atoms with Crippen LogP contribution >= 0.6 is 0 Å². The van der Waals surface area contributed by atoms with Crippen molar-refractivity contribution in [3.63, 3.8) is 0 Å². The lowest BCUT2D eigenvalue weighted by Crippen LogP contribution is -2.72. The maximum Gasteiger partial charge on any atom is 0.119 e. The summed E-state index contributed by atoms with van der Waals surface area (Å²) >= 11 is 0. The number of likely N-dealkylation sites (tertiary alicyclic amines) is 1. The molecule has 0 aromatic heterocycles. The Balaban J connectivity index is 1.61. The third-order valence-corrected chi connectivity index (χ3v) is 7.80. The van der Waals surface area contributed by atoms with Crippen molar-refractivity contribution in [1.29, 1.82) is 0 Å². The number of hydrogen-bond donors (Lipinski definition) is 2. The van der Waals surface area contributed by atoms with Crippen LogP contribution in [0.4, 0.5) is 0 Å². The molecule has 3 fully saturated rings. The molecule has 0 spiro atoms. The summed E-state index contributed by atoms with van der Waals surface area (Å²) in [5.41, 5.74) is 1.50. The maximum absolute atomic E-state index is 12.0. The van der Waals surface area contributed by atoms with Gasteiger partial charge in [-0.3, -0.25) is 4.90 Å². The van der Waals surface area contributed by atoms with E-state index in [0.29, 0.717) is 5.75 Å². The highest BCUT2D eigenvalue weighted by Crippen LogP contribution is 2.60. The number of hydrogen-bond acceptors (Lipinski definition) is 3. The second kappa shape index (κ2) is 5.22. The number of aromatic hydroxyl groups is 1. The topological polar surface area (TPSA) is 43.7 Å². The smallest absolute Gasteiger partial charge is 0.119 e. The van der Waals surface area contributed by atoms with Crippen LogP contribution in [0.1, 0.15) is 62.5 Å². The summed E-state index contributed by atoms with van der Waals surface area (Å²) < 4.78 is 0. The number of phenolic OH excluding ortho intramolecular Hbond substituents is 1. The molecule has 0 radical (unpaired) electrons. The molecule has 1 saturated heterocycles. The average Bonchev–Trinajstić information content (AvgIpc) is 2.52. The molecule has 2 N–H and O–H groups in total. The number of rotatable bonds is 2. The summed E-state index contributed by atoms with van der Waals surface area (Å²) in [6.45, 7) is 2.24. The fourth-order valence-electron chi connectivity index (χ4n) is 6.40. The molecule has 4 aliphatic rings. The largest absolute Gasteiger partial charge is 0.508 e. The third kappa shape index (κ3) is 1.86. The molecule has 24 heavy (non-hydrogen) atoms. The van der Waals surface area contributed by atoms with Crippen LogP contribution in [0.3, 0.4) is 0 Å². The van der Waals surface area contributed by atoms with Gasteiger partial charge in [0.15, 0.2) is 0 Å². The Bertz CT molecular complexity index is 655. The summed E-state index contributed by atoms with van der Waals surface area (Å²) in [7, 11) is 0. The van der Waals surface area contributed by atoms with Gasteiger partial charge in [-0.1, -0.05) is 31.4 Å². The molecule has 5 rings (SSSR count). The number of piperidine rings is 1. The van der Waals surface area contributed by atoms with Gasteiger partial charge in [-0.2, -0.15) is 0 Å². The van der Waals surface area contributed by atoms with Crippen molar-refractivity contribution in [3.05, 3.63) is 29.3 Å². The summed E-state index contributed by atoms with van der Waals surface area (Å²) in [4.78, 5) is 2.61. The van der Waals surface area contributed by atoms with E-state index in [9.17, 15) is 10.2 Å². The van der Waals surface area contributed by atoms with E-state index in [-0.39, 0.29) is 11.5 Å². The van der Waals surface area contributed by atoms with Crippen LogP contribution < -0.4 is 0 Å². The van der Waals surface area contributed by atoms with Crippen LogP contribution in [0.25, 0.3) is 0 Å². The fraction of sp³-hybridized carbons (Fsp3) is 0.714. The molecule has 3 aliphatic carbocycles. The number of aliphatic hydroxyl groups is 1. The highest BCUT2D eigenvalue weighted by molar-refractivity contribution is 5.52. The van der Waals surface area contributed by atoms with Gasteiger partial charge in [0.05, 0.1) is 5.60 Å². The first kappa shape index (κ1) is 15.2. The van der Waals surface area contributed by atoms with Crippen molar-refractivity contribution >= 4 is 0 Å². The highest BCUT2D eigenvalue weighted by atomic mass is 16.3. The van der Waals surface area contributed by atoms with Gasteiger partial charge >= 0.3 is 0 Å². The van der Waals surface area contributed by atoms with Gasteiger partial charge in [0, 0.05) is 23.6 Å². The molecular formula is C21H29NO2. The van der Waals surface area contributed by atoms with E-state index in [1.165, 1.54) is 31.2 Å². The minimum absolute atomic E-state index is 0.217. The molecule has 1 heterocycles. The molecule has 3 heteroatoms. The molecule has 130 valence electrons. The number of benzene rings is 1. The van der Waals surface area contributed by atoms with Crippen molar-refractivity contribution in [1.82, 2.24) is 4.90 Å². The van der Waals surface area contributed by atoms with Gasteiger partial charge in [-0.05, 0) is 62.6 Å². The average molecular weight is 327 g/mol. The zero-order valence-electron chi connectivity index (χ0n) is 14.5. The lowest BCUT2D eigenvalue weighted by molar-refractivity contribution is -0.169. The number of phenols is 1. The van der Waals surface area contributed by atoms with E-state index < -0.39 is 5.60 Å². The Labute approximate surface area is 144 Å². The van der Waals surface area contributed by atoms with Crippen molar-refractivity contribution in [2.75, 3.05) is 13.1 Å². The Kier molecular flexibility index (Phi) is 3.31. The Hall–Kier alpha value is -1.06. The van der Waals surface area contributed by atoms with Gasteiger partial charge in [0.1, 0.15) is 5.75 Å². The van der Waals surface area contributed by atoms with E-state index in [2.05, 4.69) is 11.0 Å². The van der Waals surface area contributed by atoms with Gasteiger partial charge in [0.2, 0.25) is 0 Å². The minimum Gasteiger partial charge on any atom is -0.508 e. The summed E-state index contributed by atoms with van der Waals surface area (Å²) in [6.07, 6.45) is 10.2. The molecule has 2 bridgehead atoms. The van der Waals surface area contributed by atoms with Gasteiger partial charge in [0.25, 0.3) is 0 Å². The van der Waals surface area contributed by atoms with Crippen LogP contribution in [0.15, 0.2) is 18.2 Å². The molecular weight excluding hydrogens is 298 g/mol. The molecule has 1 aromatic rings. The van der Waals surface area contributed by atoms with Crippen LogP contribution in [0, 0.1) is 5.92 Å². The summed E-state index contributed by atoms with van der Waals surface area (Å²) in [6, 6.07) is 6.22. The normalized spacial score (nSPS) is 39.0. The van der Waals surface area contributed by atoms with E-state index in [4.69, 9.17) is 0 Å². The fourth-order valence-corrected chi connectivity index (χ4v) is 6.40. The van der Waals surface area contributed by atoms with Crippen molar-refractivity contribution in [2.24, 2.45) is 5.92 Å². The quantitative estimate of drug-likeness (QED) is 0.875. The molecule has 1 aromatic carbocycles. The standard InChI is InChI=1S/C21H29NO2/c23-17-8-4-7-16-13-18-21(24)10-2-1-9-20(21,19(16)17)11-12-22(18)14-15-5-3-6-15/h4,7-8,15,18,23-24H,1-3,5-6,9-14H2. The predicted molar refractivity (Wildman–Crippen MR) is 94.2 cm³/mol. The Morgan fingerprint density at radius 3 is 2.71 bits per heavy atom. The van der Waals surface area contributed by atoms with Crippen molar-refractivity contribution in [2.45, 2.75) is 74.8 Å². The SMILES string of the molecule is Oc1cccc2c1C13CCCCC1(O)C(C2)N(CC1CCC1)CC3. The second-order valence-corrected chi connectivity index (χ2v) is 8.79. The Morgan fingerprint density at radius 1 is 1.08 bits per heavy atom. The van der Waals surface area contributed by atoms with E-state index in [1.54, 1.807) is 0 Å². The monoisotopic (exact) mass is 327 g/mol. The summed E-state index contributed by atoms with van der Waals surface area (Å²) in [5, 5.41) is 22.6. The molecule has 0 amide bonds. The third-order valence-electron chi connectivity index (χ3n) is 7.80. The lowest BCUT2D eigenvalue weighted by Gasteiger charge is -2.64. The first-order chi connectivity index (χ1) is 11.6. The van der Waals surface area contributed by atoms with Gasteiger partial charge in [-0.25, -0.2) is 0 Å².